The van der Waals surface area contributed by atoms with Gasteiger partial charge in [0.25, 0.3) is 0 Å². The minimum atomic E-state index is 0.475. The third kappa shape index (κ3) is 3.00. The highest BCUT2D eigenvalue weighted by Crippen LogP contribution is 2.39. The lowest BCUT2D eigenvalue weighted by molar-refractivity contribution is 0.0230. The molecule has 0 amide bonds. The zero-order valence-corrected chi connectivity index (χ0v) is 13.1. The molecular weight excluding hydrogens is 232 g/mol. The van der Waals surface area contributed by atoms with E-state index in [0.29, 0.717) is 5.54 Å². The van der Waals surface area contributed by atoms with Crippen LogP contribution >= 0.6 is 0 Å². The molecule has 1 spiro atoms. The van der Waals surface area contributed by atoms with Gasteiger partial charge in [-0.25, -0.2) is 0 Å². The number of nitrogens with zero attached hydrogens (tertiary/aromatic N) is 1. The molecule has 2 saturated carbocycles. The molecule has 1 saturated heterocycles. The van der Waals surface area contributed by atoms with Crippen molar-refractivity contribution in [1.29, 1.82) is 0 Å². The quantitative estimate of drug-likeness (QED) is 0.837. The van der Waals surface area contributed by atoms with Crippen LogP contribution in [0, 0.1) is 11.8 Å². The second kappa shape index (κ2) is 5.37. The first-order valence-electron chi connectivity index (χ1n) is 8.60. The van der Waals surface area contributed by atoms with E-state index in [0.717, 1.165) is 23.9 Å². The Kier molecular flexibility index (Phi) is 3.92. The van der Waals surface area contributed by atoms with Crippen LogP contribution in [0.3, 0.4) is 0 Å². The number of nitrogens with one attached hydrogen (secondary N) is 1. The molecule has 2 aliphatic carbocycles. The highest BCUT2D eigenvalue weighted by molar-refractivity contribution is 5.03. The summed E-state index contributed by atoms with van der Waals surface area (Å²) in [6, 6.07) is 1.54. The van der Waals surface area contributed by atoms with Crippen molar-refractivity contribution in [2.75, 3.05) is 13.1 Å². The van der Waals surface area contributed by atoms with Gasteiger partial charge in [0.2, 0.25) is 0 Å². The van der Waals surface area contributed by atoms with Gasteiger partial charge in [0.15, 0.2) is 0 Å². The lowest BCUT2D eigenvalue weighted by Gasteiger charge is -2.50. The molecule has 3 aliphatic rings. The largest absolute Gasteiger partial charge is 0.308 e. The Balaban J connectivity index is 1.69. The second-order valence-corrected chi connectivity index (χ2v) is 7.88. The van der Waals surface area contributed by atoms with Gasteiger partial charge in [-0.15, -0.1) is 0 Å². The maximum absolute atomic E-state index is 3.94. The van der Waals surface area contributed by atoms with Crippen LogP contribution in [0.5, 0.6) is 0 Å². The van der Waals surface area contributed by atoms with Gasteiger partial charge in [-0.2, -0.15) is 0 Å². The van der Waals surface area contributed by atoms with E-state index in [2.05, 4.69) is 31.0 Å². The molecule has 1 aliphatic heterocycles. The third-order valence-electron chi connectivity index (χ3n) is 5.87. The van der Waals surface area contributed by atoms with Gasteiger partial charge in [0.1, 0.15) is 0 Å². The summed E-state index contributed by atoms with van der Waals surface area (Å²) < 4.78 is 0. The van der Waals surface area contributed by atoms with E-state index >= 15 is 0 Å². The summed E-state index contributed by atoms with van der Waals surface area (Å²) >= 11 is 0. The molecule has 0 bridgehead atoms. The van der Waals surface area contributed by atoms with E-state index in [9.17, 15) is 0 Å². The Hall–Kier alpha value is -0.0800. The molecule has 2 atom stereocenters. The van der Waals surface area contributed by atoms with Crippen LogP contribution in [0.1, 0.15) is 65.7 Å². The van der Waals surface area contributed by atoms with E-state index in [1.165, 1.54) is 58.0 Å². The first kappa shape index (κ1) is 13.9. The van der Waals surface area contributed by atoms with Gasteiger partial charge in [0, 0.05) is 30.7 Å². The average Bonchev–Trinajstić information content (AvgIpc) is 3.08. The van der Waals surface area contributed by atoms with Gasteiger partial charge in [0.05, 0.1) is 0 Å². The van der Waals surface area contributed by atoms with E-state index < -0.39 is 0 Å². The molecule has 19 heavy (non-hydrogen) atoms. The highest BCUT2D eigenvalue weighted by Gasteiger charge is 2.43. The molecule has 1 heterocycles. The molecule has 3 fully saturated rings. The first-order valence-corrected chi connectivity index (χ1v) is 8.60. The van der Waals surface area contributed by atoms with Crippen molar-refractivity contribution in [3.05, 3.63) is 0 Å². The number of piperazine rings is 1. The van der Waals surface area contributed by atoms with Gasteiger partial charge in [-0.05, 0) is 38.0 Å². The van der Waals surface area contributed by atoms with Crippen LogP contribution in [-0.4, -0.2) is 35.6 Å². The third-order valence-corrected chi connectivity index (χ3v) is 5.87. The fraction of sp³-hybridized carbons (Fsp3) is 1.00. The molecule has 3 rings (SSSR count). The second-order valence-electron chi connectivity index (χ2n) is 7.88. The average molecular weight is 264 g/mol. The predicted molar refractivity (Wildman–Crippen MR) is 81.3 cm³/mol. The number of rotatable bonds is 4. The maximum atomic E-state index is 3.94. The van der Waals surface area contributed by atoms with Crippen molar-refractivity contribution in [2.24, 2.45) is 11.8 Å². The van der Waals surface area contributed by atoms with E-state index in [4.69, 9.17) is 0 Å². The summed E-state index contributed by atoms with van der Waals surface area (Å²) in [7, 11) is 0. The molecule has 2 unspecified atom stereocenters. The smallest absolute Gasteiger partial charge is 0.0309 e. The summed E-state index contributed by atoms with van der Waals surface area (Å²) in [6.07, 6.45) is 10.1. The lowest BCUT2D eigenvalue weighted by atomic mass is 9.87. The van der Waals surface area contributed by atoms with Crippen molar-refractivity contribution in [1.82, 2.24) is 10.2 Å². The number of hydrogen-bond donors (Lipinski definition) is 1. The zero-order valence-electron chi connectivity index (χ0n) is 13.1. The normalized spacial score (nSPS) is 33.2. The molecule has 0 aromatic heterocycles. The molecule has 2 nitrogen and oxygen atoms in total. The molecular formula is C17H32N2. The van der Waals surface area contributed by atoms with Crippen molar-refractivity contribution in [3.63, 3.8) is 0 Å². The Morgan fingerprint density at radius 2 is 1.84 bits per heavy atom. The van der Waals surface area contributed by atoms with Crippen LogP contribution < -0.4 is 5.32 Å². The van der Waals surface area contributed by atoms with Crippen molar-refractivity contribution < 1.29 is 0 Å². The fourth-order valence-corrected chi connectivity index (χ4v) is 4.42. The molecule has 0 radical (unpaired) electrons. The van der Waals surface area contributed by atoms with Crippen molar-refractivity contribution >= 4 is 0 Å². The molecule has 0 aromatic rings. The standard InChI is InChI=1S/C17H32N2/c1-13(2)16-11-18-17(8-4-5-9-17)12-19(16)14(3)10-15-6-7-15/h13-16,18H,4-12H2,1-3H3. The van der Waals surface area contributed by atoms with Gasteiger partial charge in [-0.3, -0.25) is 4.90 Å². The van der Waals surface area contributed by atoms with Crippen molar-refractivity contribution in [2.45, 2.75) is 83.3 Å². The first-order chi connectivity index (χ1) is 9.10. The van der Waals surface area contributed by atoms with Gasteiger partial charge < -0.3 is 5.32 Å². The minimum absolute atomic E-state index is 0.475. The maximum Gasteiger partial charge on any atom is 0.0309 e. The Bertz CT molecular complexity index is 302. The van der Waals surface area contributed by atoms with Crippen LogP contribution in [0.15, 0.2) is 0 Å². The summed E-state index contributed by atoms with van der Waals surface area (Å²) in [5, 5.41) is 3.94. The van der Waals surface area contributed by atoms with Crippen LogP contribution in [-0.2, 0) is 0 Å². The number of hydrogen-bond acceptors (Lipinski definition) is 2. The molecule has 110 valence electrons. The van der Waals surface area contributed by atoms with Crippen molar-refractivity contribution in [3.8, 4) is 0 Å². The SMILES string of the molecule is CC(C)C1CNC2(CCCC2)CN1C(C)CC1CC1. The van der Waals surface area contributed by atoms with E-state index in [1.54, 1.807) is 0 Å². The van der Waals surface area contributed by atoms with Crippen LogP contribution in [0.2, 0.25) is 0 Å². The van der Waals surface area contributed by atoms with Gasteiger partial charge in [-0.1, -0.05) is 39.5 Å². The molecule has 0 aromatic carbocycles. The van der Waals surface area contributed by atoms with Crippen LogP contribution in [0.25, 0.3) is 0 Å². The summed E-state index contributed by atoms with van der Waals surface area (Å²) in [5.74, 6) is 1.82. The van der Waals surface area contributed by atoms with E-state index in [1.807, 2.05) is 0 Å². The van der Waals surface area contributed by atoms with Crippen LogP contribution in [0.4, 0.5) is 0 Å². The Morgan fingerprint density at radius 3 is 2.42 bits per heavy atom. The minimum Gasteiger partial charge on any atom is -0.308 e. The zero-order chi connectivity index (χ0) is 13.5. The Morgan fingerprint density at radius 1 is 1.16 bits per heavy atom. The summed E-state index contributed by atoms with van der Waals surface area (Å²) in [5.41, 5.74) is 0.475. The topological polar surface area (TPSA) is 15.3 Å². The van der Waals surface area contributed by atoms with E-state index in [-0.39, 0.29) is 0 Å². The lowest BCUT2D eigenvalue weighted by Crippen LogP contribution is -2.66. The predicted octanol–water partition coefficient (Wildman–Crippen LogP) is 3.42. The van der Waals surface area contributed by atoms with Gasteiger partial charge >= 0.3 is 0 Å². The summed E-state index contributed by atoms with van der Waals surface area (Å²) in [6.45, 7) is 9.81. The molecule has 1 N–H and O–H groups in total. The monoisotopic (exact) mass is 264 g/mol. The highest BCUT2D eigenvalue weighted by atomic mass is 15.3. The molecule has 2 heteroatoms. The Labute approximate surface area is 119 Å². The summed E-state index contributed by atoms with van der Waals surface area (Å²) in [4.78, 5) is 2.88. The fourth-order valence-electron chi connectivity index (χ4n) is 4.42.